The number of nitrogens with one attached hydrogen (secondary N) is 2. The fraction of sp³-hybridized carbons (Fsp3) is 0.625. The predicted molar refractivity (Wildman–Crippen MR) is 66.8 cm³/mol. The Morgan fingerprint density at radius 1 is 1.10 bits per heavy atom. The van der Waals surface area contributed by atoms with Crippen LogP contribution in [0.3, 0.4) is 0 Å². The molecule has 3 amide bonds. The normalized spacial score (nSPS) is 12.1. The summed E-state index contributed by atoms with van der Waals surface area (Å²) < 4.78 is 0. The highest BCUT2D eigenvalue weighted by molar-refractivity contribution is 5.91. The Labute approximate surface area is 112 Å². The number of carbonyl (C=O) groups is 3. The van der Waals surface area contributed by atoms with E-state index in [4.69, 9.17) is 16.8 Å². The molecule has 108 valence electrons. The van der Waals surface area contributed by atoms with Crippen LogP contribution in [0.2, 0.25) is 0 Å². The van der Waals surface area contributed by atoms with Crippen molar-refractivity contribution < 1.29 is 14.4 Å². The molecule has 0 aromatic heterocycles. The average molecular weight is 283 g/mol. The maximum atomic E-state index is 11.8. The fourth-order valence-corrected chi connectivity index (χ4v) is 1.15. The molecule has 0 aliphatic heterocycles. The molecule has 20 heavy (non-hydrogen) atoms. The van der Waals surface area contributed by atoms with E-state index in [2.05, 4.69) is 30.7 Å². The summed E-state index contributed by atoms with van der Waals surface area (Å²) in [5.41, 5.74) is 21.4. The summed E-state index contributed by atoms with van der Waals surface area (Å²) >= 11 is 0. The van der Waals surface area contributed by atoms with Gasteiger partial charge in [0.25, 0.3) is 0 Å². The SMILES string of the molecule is CC(=O)N[C@@H](CN=[N+]=[N-])C(=O)N[C@@H](CN=[N+]=[N-])C(N)=O. The highest BCUT2D eigenvalue weighted by Crippen LogP contribution is 1.92. The average Bonchev–Trinajstić information content (AvgIpc) is 2.38. The number of primary amides is 1. The molecular weight excluding hydrogens is 270 g/mol. The van der Waals surface area contributed by atoms with Crippen LogP contribution in [0.1, 0.15) is 6.92 Å². The molecule has 0 aliphatic carbocycles. The van der Waals surface area contributed by atoms with Crippen LogP contribution < -0.4 is 16.4 Å². The molecule has 2 atom stereocenters. The van der Waals surface area contributed by atoms with Gasteiger partial charge in [0.15, 0.2) is 0 Å². The molecule has 4 N–H and O–H groups in total. The van der Waals surface area contributed by atoms with E-state index in [0.29, 0.717) is 0 Å². The minimum absolute atomic E-state index is 0.338. The highest BCUT2D eigenvalue weighted by atomic mass is 16.2. The van der Waals surface area contributed by atoms with Gasteiger partial charge >= 0.3 is 0 Å². The molecule has 0 aliphatic rings. The standard InChI is InChI=1S/C8H13N9O3/c1-4(18)14-6(3-13-17-11)8(20)15-5(7(9)19)2-12-16-10/h5-6H,2-3H2,1H3,(H2,9,19)(H,14,18)(H,15,20)/t5-,6-/m0/s1. The summed E-state index contributed by atoms with van der Waals surface area (Å²) in [6.45, 7) is 0.461. The smallest absolute Gasteiger partial charge is 0.243 e. The summed E-state index contributed by atoms with van der Waals surface area (Å²) in [6.07, 6.45) is 0. The lowest BCUT2D eigenvalue weighted by Gasteiger charge is -2.19. The number of hydrogen-bond acceptors (Lipinski definition) is 5. The Morgan fingerprint density at radius 3 is 2.00 bits per heavy atom. The molecule has 0 radical (unpaired) electrons. The van der Waals surface area contributed by atoms with Gasteiger partial charge in [0.2, 0.25) is 17.7 Å². The van der Waals surface area contributed by atoms with Crippen LogP contribution >= 0.6 is 0 Å². The van der Waals surface area contributed by atoms with Crippen molar-refractivity contribution in [2.24, 2.45) is 16.0 Å². The van der Waals surface area contributed by atoms with E-state index in [9.17, 15) is 14.4 Å². The summed E-state index contributed by atoms with van der Waals surface area (Å²) in [5, 5.41) is 10.7. The third-order valence-electron chi connectivity index (χ3n) is 2.01. The Balaban J connectivity index is 4.84. The van der Waals surface area contributed by atoms with Crippen LogP contribution in [0, 0.1) is 0 Å². The van der Waals surface area contributed by atoms with Crippen molar-refractivity contribution in [2.75, 3.05) is 13.1 Å². The second-order valence-corrected chi connectivity index (χ2v) is 3.54. The molecule has 0 spiro atoms. The van der Waals surface area contributed by atoms with Crippen molar-refractivity contribution >= 4 is 17.7 Å². The van der Waals surface area contributed by atoms with Gasteiger partial charge in [0.1, 0.15) is 12.1 Å². The number of rotatable bonds is 8. The molecule has 12 heteroatoms. The fourth-order valence-electron chi connectivity index (χ4n) is 1.15. The second kappa shape index (κ2) is 9.03. The van der Waals surface area contributed by atoms with Gasteiger partial charge in [-0.15, -0.1) is 0 Å². The van der Waals surface area contributed by atoms with E-state index in [0.717, 1.165) is 0 Å². The van der Waals surface area contributed by atoms with Gasteiger partial charge in [-0.3, -0.25) is 14.4 Å². The second-order valence-electron chi connectivity index (χ2n) is 3.54. The number of azide groups is 2. The predicted octanol–water partition coefficient (Wildman–Crippen LogP) is -0.918. The maximum absolute atomic E-state index is 11.8. The van der Waals surface area contributed by atoms with E-state index in [1.54, 1.807) is 0 Å². The molecule has 0 fully saturated rings. The Hall–Kier alpha value is -2.97. The Bertz CT molecular complexity index is 474. The lowest BCUT2D eigenvalue weighted by atomic mass is 10.2. The van der Waals surface area contributed by atoms with Gasteiger partial charge in [0.05, 0.1) is 13.1 Å². The van der Waals surface area contributed by atoms with E-state index in [1.165, 1.54) is 6.92 Å². The first kappa shape index (κ1) is 17.0. The minimum Gasteiger partial charge on any atom is -0.368 e. The first-order chi connectivity index (χ1) is 9.42. The lowest BCUT2D eigenvalue weighted by Crippen LogP contribution is -2.54. The van der Waals surface area contributed by atoms with Crippen molar-refractivity contribution in [3.8, 4) is 0 Å². The van der Waals surface area contributed by atoms with E-state index in [1.807, 2.05) is 0 Å². The van der Waals surface area contributed by atoms with Crippen molar-refractivity contribution in [3.05, 3.63) is 20.9 Å². The zero-order valence-electron chi connectivity index (χ0n) is 10.6. The third-order valence-corrected chi connectivity index (χ3v) is 2.01. The lowest BCUT2D eigenvalue weighted by molar-refractivity contribution is -0.130. The number of nitrogens with two attached hydrogens (primary N) is 1. The van der Waals surface area contributed by atoms with Crippen LogP contribution in [-0.2, 0) is 14.4 Å². The van der Waals surface area contributed by atoms with Crippen molar-refractivity contribution in [3.63, 3.8) is 0 Å². The molecule has 0 saturated carbocycles. The van der Waals surface area contributed by atoms with Gasteiger partial charge < -0.3 is 16.4 Å². The molecule has 0 saturated heterocycles. The number of hydrogen-bond donors (Lipinski definition) is 3. The Morgan fingerprint density at radius 2 is 1.60 bits per heavy atom. The summed E-state index contributed by atoms with van der Waals surface area (Å²) in [6, 6.07) is -2.38. The molecule has 12 nitrogen and oxygen atoms in total. The summed E-state index contributed by atoms with van der Waals surface area (Å²) in [5.74, 6) is -2.22. The quantitative estimate of drug-likeness (QED) is 0.294. The summed E-state index contributed by atoms with van der Waals surface area (Å²) in [7, 11) is 0. The Kier molecular flexibility index (Phi) is 7.69. The molecule has 0 rings (SSSR count). The van der Waals surface area contributed by atoms with Crippen molar-refractivity contribution in [2.45, 2.75) is 19.0 Å². The molecule has 0 aromatic rings. The molecular formula is C8H13N9O3. The summed E-state index contributed by atoms with van der Waals surface area (Å²) in [4.78, 5) is 38.7. The third kappa shape index (κ3) is 6.69. The number of carbonyl (C=O) groups excluding carboxylic acids is 3. The van der Waals surface area contributed by atoms with Crippen LogP contribution in [0.25, 0.3) is 20.9 Å². The topological polar surface area (TPSA) is 199 Å². The van der Waals surface area contributed by atoms with Crippen LogP contribution in [-0.4, -0.2) is 42.9 Å². The van der Waals surface area contributed by atoms with E-state index >= 15 is 0 Å². The van der Waals surface area contributed by atoms with Crippen LogP contribution in [0.15, 0.2) is 10.2 Å². The monoisotopic (exact) mass is 283 g/mol. The molecule has 0 heterocycles. The first-order valence-electron chi connectivity index (χ1n) is 5.30. The van der Waals surface area contributed by atoms with E-state index < -0.39 is 29.8 Å². The van der Waals surface area contributed by atoms with Gasteiger partial charge in [-0.2, -0.15) is 0 Å². The van der Waals surface area contributed by atoms with E-state index in [-0.39, 0.29) is 13.1 Å². The first-order valence-corrected chi connectivity index (χ1v) is 5.30. The van der Waals surface area contributed by atoms with Crippen LogP contribution in [0.4, 0.5) is 0 Å². The highest BCUT2D eigenvalue weighted by Gasteiger charge is 2.23. The van der Waals surface area contributed by atoms with Gasteiger partial charge in [-0.25, -0.2) is 0 Å². The van der Waals surface area contributed by atoms with Crippen molar-refractivity contribution in [1.82, 2.24) is 10.6 Å². The van der Waals surface area contributed by atoms with Crippen molar-refractivity contribution in [1.29, 1.82) is 0 Å². The largest absolute Gasteiger partial charge is 0.368 e. The van der Waals surface area contributed by atoms with Gasteiger partial charge in [-0.05, 0) is 11.1 Å². The zero-order valence-corrected chi connectivity index (χ0v) is 10.6. The van der Waals surface area contributed by atoms with Gasteiger partial charge in [0, 0.05) is 16.7 Å². The molecule has 0 bridgehead atoms. The number of amides is 3. The van der Waals surface area contributed by atoms with Gasteiger partial charge in [-0.1, -0.05) is 10.2 Å². The molecule has 0 unspecified atom stereocenters. The van der Waals surface area contributed by atoms with Crippen LogP contribution in [0.5, 0.6) is 0 Å². The number of nitrogens with zero attached hydrogens (tertiary/aromatic N) is 6. The zero-order chi connectivity index (χ0) is 15.5. The molecule has 0 aromatic carbocycles. The maximum Gasteiger partial charge on any atom is 0.243 e. The minimum atomic E-state index is -1.22.